The van der Waals surface area contributed by atoms with Crippen LogP contribution in [-0.2, 0) is 20.4 Å². The topological polar surface area (TPSA) is 172 Å². The monoisotopic (exact) mass is 688 g/mol. The van der Waals surface area contributed by atoms with E-state index in [4.69, 9.17) is 68.7 Å². The summed E-state index contributed by atoms with van der Waals surface area (Å²) in [4.78, 5) is 22.8. The molecule has 0 aliphatic heterocycles. The van der Waals surface area contributed by atoms with Gasteiger partial charge in [-0.2, -0.15) is 12.1 Å². The van der Waals surface area contributed by atoms with Crippen LogP contribution in [0.5, 0.6) is 0 Å². The van der Waals surface area contributed by atoms with Crippen molar-refractivity contribution in [3.8, 4) is 0 Å². The molecule has 202 valence electrons. The van der Waals surface area contributed by atoms with Crippen molar-refractivity contribution in [2.75, 3.05) is 0 Å². The van der Waals surface area contributed by atoms with E-state index in [9.17, 15) is 0 Å². The third-order valence-electron chi connectivity index (χ3n) is 4.33. The number of hydrogen-bond acceptors (Lipinski definition) is 6. The molecule has 4 rings (SSSR count). The third-order valence-corrected chi connectivity index (χ3v) is 5.13. The zero-order chi connectivity index (χ0) is 27.7. The number of nitrogens with one attached hydrogen (secondary N) is 4. The van der Waals surface area contributed by atoms with Crippen molar-refractivity contribution >= 4 is 69.7 Å². The van der Waals surface area contributed by atoms with Crippen molar-refractivity contribution in [2.24, 2.45) is 9.98 Å². The third kappa shape index (κ3) is 10.1. The molecule has 0 aromatic carbocycles. The largest absolute Gasteiger partial charge is 0.492 e. The van der Waals surface area contributed by atoms with E-state index in [-0.39, 0.29) is 64.4 Å². The molecule has 0 bridgehead atoms. The summed E-state index contributed by atoms with van der Waals surface area (Å²) < 4.78 is 0. The van der Waals surface area contributed by atoms with Gasteiger partial charge in [0.1, 0.15) is 10.3 Å². The second kappa shape index (κ2) is 15.3. The van der Waals surface area contributed by atoms with E-state index in [1.54, 1.807) is 12.1 Å². The van der Waals surface area contributed by atoms with Gasteiger partial charge in [-0.3, -0.25) is 0 Å². The zero-order valence-corrected chi connectivity index (χ0v) is 23.9. The van der Waals surface area contributed by atoms with Crippen LogP contribution in [-0.4, -0.2) is 43.3 Å². The van der Waals surface area contributed by atoms with Gasteiger partial charge in [-0.05, 0) is 24.3 Å². The molecule has 4 aromatic rings. The Bertz CT molecular complexity index is 1430. The van der Waals surface area contributed by atoms with Crippen LogP contribution in [0.25, 0.3) is 11.5 Å². The van der Waals surface area contributed by atoms with Gasteiger partial charge < -0.3 is 42.2 Å². The van der Waals surface area contributed by atoms with Crippen LogP contribution in [0.3, 0.4) is 0 Å². The molecule has 0 unspecified atom stereocenters. The molecule has 15 heteroatoms. The van der Waals surface area contributed by atoms with E-state index in [0.29, 0.717) is 22.3 Å². The van der Waals surface area contributed by atoms with Gasteiger partial charge in [-0.25, -0.2) is 9.97 Å². The molecule has 0 fully saturated rings. The average Bonchev–Trinajstić information content (AvgIpc) is 2.89. The van der Waals surface area contributed by atoms with Crippen molar-refractivity contribution in [3.63, 3.8) is 0 Å². The van der Waals surface area contributed by atoms with Gasteiger partial charge in [-0.1, -0.05) is 35.6 Å². The number of pyridine rings is 4. The smallest absolute Gasteiger partial charge is 0.129 e. The first-order chi connectivity index (χ1) is 18.1. The predicted molar refractivity (Wildman–Crippen MR) is 150 cm³/mol. The number of aromatic nitrogens is 4. The molecule has 0 aliphatic carbocycles. The van der Waals surface area contributed by atoms with Crippen LogP contribution in [0, 0.1) is 23.2 Å². The molecule has 4 N–H and O–H groups in total. The Balaban J connectivity index is 0.000000267. The van der Waals surface area contributed by atoms with Crippen LogP contribution in [0.4, 0.5) is 0 Å². The van der Waals surface area contributed by atoms with Crippen LogP contribution in [0.2, 0.25) is 20.6 Å². The van der Waals surface area contributed by atoms with E-state index in [2.05, 4.69) is 42.3 Å². The van der Waals surface area contributed by atoms with Gasteiger partial charge in [0.2, 0.25) is 0 Å². The van der Waals surface area contributed by atoms with Crippen molar-refractivity contribution < 1.29 is 20.4 Å². The summed E-state index contributed by atoms with van der Waals surface area (Å²) in [5, 5.41) is 16.6. The van der Waals surface area contributed by atoms with Crippen LogP contribution < -0.4 is 0 Å². The molecule has 39 heavy (non-hydrogen) atoms. The number of hydrogen-bond donors (Lipinski definition) is 2. The summed E-state index contributed by atoms with van der Waals surface area (Å²) in [5.41, 5.74) is 17.4. The Morgan fingerprint density at radius 2 is 1.00 bits per heavy atom. The number of nitrogens with zero attached hydrogens (tertiary/aromatic N) is 6. The van der Waals surface area contributed by atoms with E-state index in [1.807, 2.05) is 0 Å². The Hall–Kier alpha value is -3.30. The van der Waals surface area contributed by atoms with Gasteiger partial charge in [0.25, 0.3) is 0 Å². The predicted octanol–water partition coefficient (Wildman–Crippen LogP) is 6.81. The SMILES string of the molecule is N=C(N=C([NH-])c1c[c-]nc(Cl)c1)c1ccnc(Cl)c1.N=C(N=C([NH-])c1c[c-]nc(Cl)c1)c1ccnc(Cl)c1.[Pd]. The summed E-state index contributed by atoms with van der Waals surface area (Å²) in [5.74, 6) is -0.360. The second-order valence-corrected chi connectivity index (χ2v) is 8.52. The molecule has 0 spiro atoms. The van der Waals surface area contributed by atoms with Crippen LogP contribution in [0.15, 0.2) is 70.9 Å². The summed E-state index contributed by atoms with van der Waals surface area (Å²) in [7, 11) is 0. The van der Waals surface area contributed by atoms with Crippen LogP contribution in [0.1, 0.15) is 22.3 Å². The normalized spacial score (nSPS) is 11.1. The number of halogens is 4. The summed E-state index contributed by atoms with van der Waals surface area (Å²) in [6.07, 6.45) is 8.05. The fourth-order valence-electron chi connectivity index (χ4n) is 2.59. The Labute approximate surface area is 257 Å². The average molecular weight is 691 g/mol. The molecular weight excluding hydrogens is 677 g/mol. The van der Waals surface area contributed by atoms with E-state index < -0.39 is 0 Å². The van der Waals surface area contributed by atoms with E-state index in [0.717, 1.165) is 0 Å². The Morgan fingerprint density at radius 1 is 0.641 bits per heavy atom. The molecule has 0 radical (unpaired) electrons. The number of rotatable bonds is 4. The van der Waals surface area contributed by atoms with Gasteiger partial charge in [0.15, 0.2) is 0 Å². The summed E-state index contributed by atoms with van der Waals surface area (Å²) in [6.45, 7) is 0. The molecule has 0 aliphatic rings. The van der Waals surface area contributed by atoms with Crippen molar-refractivity contribution in [2.45, 2.75) is 0 Å². The standard InChI is InChI=1S/2C12H7Cl2N5.Pd/c2*13-9-5-7(1-3-17-9)11(15)19-12(16)8-2-4-18-10(14)6-8;/h2*1-3,5-6H,(H2-,15,16,19);/q2*-2;. The molecule has 0 saturated heterocycles. The summed E-state index contributed by atoms with van der Waals surface area (Å²) in [6, 6.07) is 12.1. The molecule has 4 aromatic heterocycles. The first-order valence-corrected chi connectivity index (χ1v) is 11.7. The first-order valence-electron chi connectivity index (χ1n) is 10.2. The minimum absolute atomic E-state index is 0. The fraction of sp³-hybridized carbons (Fsp3) is 0. The minimum atomic E-state index is -0.0986. The van der Waals surface area contributed by atoms with Crippen molar-refractivity contribution in [1.29, 1.82) is 10.8 Å². The van der Waals surface area contributed by atoms with Crippen LogP contribution >= 0.6 is 46.4 Å². The minimum Gasteiger partial charge on any atom is -0.492 e. The molecule has 10 nitrogen and oxygen atoms in total. The quantitative estimate of drug-likeness (QED) is 0.0788. The molecule has 4 heterocycles. The fourth-order valence-corrected chi connectivity index (χ4v) is 3.27. The van der Waals surface area contributed by atoms with Gasteiger partial charge in [0.05, 0.1) is 0 Å². The summed E-state index contributed by atoms with van der Waals surface area (Å²) >= 11 is 22.9. The van der Waals surface area contributed by atoms with Crippen molar-refractivity contribution in [1.82, 2.24) is 19.9 Å². The van der Waals surface area contributed by atoms with Crippen molar-refractivity contribution in [3.05, 3.63) is 128 Å². The number of aliphatic imine (C=N–C) groups is 2. The Morgan fingerprint density at radius 3 is 1.33 bits per heavy atom. The second-order valence-electron chi connectivity index (χ2n) is 6.97. The maximum atomic E-state index is 7.81. The maximum absolute atomic E-state index is 7.81. The van der Waals surface area contributed by atoms with Gasteiger partial charge in [0, 0.05) is 65.9 Å². The molecule has 0 amide bonds. The van der Waals surface area contributed by atoms with Gasteiger partial charge >= 0.3 is 0 Å². The van der Waals surface area contributed by atoms with Gasteiger partial charge in [-0.15, -0.1) is 58.1 Å². The van der Waals surface area contributed by atoms with E-state index >= 15 is 0 Å². The Kier molecular flexibility index (Phi) is 12.5. The zero-order valence-electron chi connectivity index (χ0n) is 19.3. The molecule has 0 atom stereocenters. The first kappa shape index (κ1) is 31.9. The molecular formula is C24H14Cl4N10Pd-4. The molecule has 0 saturated carbocycles. The maximum Gasteiger partial charge on any atom is 0.129 e. The number of amidine groups is 4. The van der Waals surface area contributed by atoms with E-state index in [1.165, 1.54) is 48.8 Å².